The second kappa shape index (κ2) is 7.00. The topological polar surface area (TPSA) is 79.4 Å². The molecular weight excluding hydrogens is 290 g/mol. The van der Waals surface area contributed by atoms with Gasteiger partial charge in [-0.15, -0.1) is 0 Å². The third-order valence-corrected chi connectivity index (χ3v) is 5.37. The van der Waals surface area contributed by atoms with Gasteiger partial charge in [-0.3, -0.25) is 14.7 Å². The maximum absolute atomic E-state index is 11.8. The normalized spacial score (nSPS) is 20.6. The Morgan fingerprint density at radius 2 is 2.14 bits per heavy atom. The second-order valence-corrected chi connectivity index (χ2v) is 7.83. The zero-order chi connectivity index (χ0) is 15.3. The van der Waals surface area contributed by atoms with E-state index in [-0.39, 0.29) is 23.3 Å². The third kappa shape index (κ3) is 5.43. The van der Waals surface area contributed by atoms with Gasteiger partial charge < -0.3 is 5.32 Å². The van der Waals surface area contributed by atoms with Gasteiger partial charge in [0.05, 0.1) is 18.1 Å². The zero-order valence-corrected chi connectivity index (χ0v) is 13.0. The van der Waals surface area contributed by atoms with E-state index in [4.69, 9.17) is 0 Å². The van der Waals surface area contributed by atoms with Crippen molar-refractivity contribution in [1.29, 1.82) is 0 Å². The number of rotatable bonds is 6. The minimum Gasteiger partial charge on any atom is -0.355 e. The Morgan fingerprint density at radius 3 is 2.76 bits per heavy atom. The Hall–Kier alpha value is -1.47. The first kappa shape index (κ1) is 15.9. The van der Waals surface area contributed by atoms with Gasteiger partial charge in [0.25, 0.3) is 0 Å². The van der Waals surface area contributed by atoms with Crippen LogP contribution in [0.25, 0.3) is 0 Å². The molecule has 6 nitrogen and oxygen atoms in total. The van der Waals surface area contributed by atoms with E-state index in [2.05, 4.69) is 10.3 Å². The molecule has 7 heteroatoms. The summed E-state index contributed by atoms with van der Waals surface area (Å²) < 4.78 is 22.7. The van der Waals surface area contributed by atoms with Crippen LogP contribution in [0.3, 0.4) is 0 Å². The molecule has 0 aromatic carbocycles. The van der Waals surface area contributed by atoms with E-state index in [0.29, 0.717) is 26.1 Å². The van der Waals surface area contributed by atoms with E-state index < -0.39 is 9.84 Å². The van der Waals surface area contributed by atoms with Crippen molar-refractivity contribution < 1.29 is 13.2 Å². The lowest BCUT2D eigenvalue weighted by Gasteiger charge is -2.17. The molecule has 0 saturated carbocycles. The molecule has 1 fully saturated rings. The van der Waals surface area contributed by atoms with Gasteiger partial charge >= 0.3 is 0 Å². The molecule has 1 saturated heterocycles. The average molecular weight is 311 g/mol. The smallest absolute Gasteiger partial charge is 0.234 e. The molecular formula is C14H21N3O3S. The first-order valence-corrected chi connectivity index (χ1v) is 8.81. The summed E-state index contributed by atoms with van der Waals surface area (Å²) in [4.78, 5) is 17.7. The third-order valence-electron chi connectivity index (χ3n) is 3.53. The molecule has 21 heavy (non-hydrogen) atoms. The van der Waals surface area contributed by atoms with Crippen LogP contribution in [0.1, 0.15) is 12.0 Å². The molecule has 1 aliphatic rings. The maximum Gasteiger partial charge on any atom is 0.234 e. The number of pyridine rings is 1. The number of amides is 1. The highest BCUT2D eigenvalue weighted by Gasteiger charge is 2.27. The highest BCUT2D eigenvalue weighted by molar-refractivity contribution is 7.91. The van der Waals surface area contributed by atoms with Gasteiger partial charge in [0.15, 0.2) is 9.84 Å². The van der Waals surface area contributed by atoms with Crippen molar-refractivity contribution in [3.05, 3.63) is 30.1 Å². The fourth-order valence-corrected chi connectivity index (χ4v) is 4.31. The van der Waals surface area contributed by atoms with E-state index in [1.807, 2.05) is 24.1 Å². The molecule has 0 spiro atoms. The van der Waals surface area contributed by atoms with E-state index in [9.17, 15) is 13.2 Å². The molecule has 2 rings (SSSR count). The molecule has 116 valence electrons. The largest absolute Gasteiger partial charge is 0.355 e. The molecule has 1 aliphatic heterocycles. The summed E-state index contributed by atoms with van der Waals surface area (Å²) in [6.45, 7) is 1.41. The van der Waals surface area contributed by atoms with Crippen LogP contribution in [0.2, 0.25) is 0 Å². The second-order valence-electron chi connectivity index (χ2n) is 5.60. The van der Waals surface area contributed by atoms with Crippen LogP contribution >= 0.6 is 0 Å². The summed E-state index contributed by atoms with van der Waals surface area (Å²) in [6, 6.07) is 3.83. The molecule has 1 amide bonds. The SMILES string of the molecule is CN(CC(=O)NC[C@H]1CCS(=O)(=O)C1)Cc1ccncc1. The summed E-state index contributed by atoms with van der Waals surface area (Å²) in [5, 5.41) is 2.82. The minimum atomic E-state index is -2.87. The summed E-state index contributed by atoms with van der Waals surface area (Å²) in [6.07, 6.45) is 4.10. The van der Waals surface area contributed by atoms with Crippen molar-refractivity contribution in [1.82, 2.24) is 15.2 Å². The predicted octanol–water partition coefficient (Wildman–Crippen LogP) is 0.0643. The molecule has 0 unspecified atom stereocenters. The highest BCUT2D eigenvalue weighted by Crippen LogP contribution is 2.17. The average Bonchev–Trinajstić information content (AvgIpc) is 2.77. The van der Waals surface area contributed by atoms with Gasteiger partial charge in [0.2, 0.25) is 5.91 Å². The first-order chi connectivity index (χ1) is 9.94. The summed E-state index contributed by atoms with van der Waals surface area (Å²) in [7, 11) is -1.000. The Labute approximate surface area is 125 Å². The van der Waals surface area contributed by atoms with Gasteiger partial charge in [-0.05, 0) is 37.1 Å². The van der Waals surface area contributed by atoms with Crippen LogP contribution < -0.4 is 5.32 Å². The highest BCUT2D eigenvalue weighted by atomic mass is 32.2. The van der Waals surface area contributed by atoms with E-state index in [1.165, 1.54) is 0 Å². The summed E-state index contributed by atoms with van der Waals surface area (Å²) >= 11 is 0. The van der Waals surface area contributed by atoms with E-state index in [0.717, 1.165) is 5.56 Å². The Morgan fingerprint density at radius 1 is 1.43 bits per heavy atom. The fourth-order valence-electron chi connectivity index (χ4n) is 2.45. The van der Waals surface area contributed by atoms with Crippen molar-refractivity contribution >= 4 is 15.7 Å². The van der Waals surface area contributed by atoms with Gasteiger partial charge in [0.1, 0.15) is 0 Å². The quantitative estimate of drug-likeness (QED) is 0.804. The lowest BCUT2D eigenvalue weighted by atomic mass is 10.1. The Balaban J connectivity index is 1.70. The molecule has 0 bridgehead atoms. The number of carbonyl (C=O) groups excluding carboxylic acids is 1. The predicted molar refractivity (Wildman–Crippen MR) is 80.3 cm³/mol. The number of nitrogens with one attached hydrogen (secondary N) is 1. The van der Waals surface area contributed by atoms with Gasteiger partial charge in [-0.2, -0.15) is 0 Å². The number of hydrogen-bond acceptors (Lipinski definition) is 5. The summed E-state index contributed by atoms with van der Waals surface area (Å²) in [5.41, 5.74) is 1.10. The van der Waals surface area contributed by atoms with Crippen molar-refractivity contribution in [3.63, 3.8) is 0 Å². The fraction of sp³-hybridized carbons (Fsp3) is 0.571. The first-order valence-electron chi connectivity index (χ1n) is 6.99. The minimum absolute atomic E-state index is 0.0597. The van der Waals surface area contributed by atoms with Crippen LogP contribution in [0.4, 0.5) is 0 Å². The van der Waals surface area contributed by atoms with Crippen molar-refractivity contribution in [2.45, 2.75) is 13.0 Å². The number of aromatic nitrogens is 1. The van der Waals surface area contributed by atoms with Crippen molar-refractivity contribution in [3.8, 4) is 0 Å². The molecule has 1 aromatic rings. The molecule has 2 heterocycles. The number of likely N-dealkylation sites (N-methyl/N-ethyl adjacent to an activating group) is 1. The van der Waals surface area contributed by atoms with Crippen molar-refractivity contribution in [2.75, 3.05) is 31.6 Å². The van der Waals surface area contributed by atoms with Crippen LogP contribution in [0.5, 0.6) is 0 Å². The number of nitrogens with zero attached hydrogens (tertiary/aromatic N) is 2. The zero-order valence-electron chi connectivity index (χ0n) is 12.2. The van der Waals surface area contributed by atoms with Crippen LogP contribution in [-0.2, 0) is 21.2 Å². The molecule has 1 atom stereocenters. The molecule has 0 radical (unpaired) electrons. The van der Waals surface area contributed by atoms with Crippen molar-refractivity contribution in [2.24, 2.45) is 5.92 Å². The van der Waals surface area contributed by atoms with Crippen LogP contribution in [-0.4, -0.2) is 55.9 Å². The monoisotopic (exact) mass is 311 g/mol. The van der Waals surface area contributed by atoms with Crippen LogP contribution in [0, 0.1) is 5.92 Å². The van der Waals surface area contributed by atoms with E-state index >= 15 is 0 Å². The number of carbonyl (C=O) groups is 1. The van der Waals surface area contributed by atoms with Gasteiger partial charge in [0, 0.05) is 25.5 Å². The Bertz CT molecular complexity index is 574. The lowest BCUT2D eigenvalue weighted by Crippen LogP contribution is -2.37. The molecule has 0 aliphatic carbocycles. The lowest BCUT2D eigenvalue weighted by molar-refractivity contribution is -0.122. The van der Waals surface area contributed by atoms with Gasteiger partial charge in [-0.1, -0.05) is 0 Å². The van der Waals surface area contributed by atoms with E-state index in [1.54, 1.807) is 12.4 Å². The standard InChI is InChI=1S/C14H21N3O3S/c1-17(9-12-2-5-15-6-3-12)10-14(18)16-8-13-4-7-21(19,20)11-13/h2-3,5-6,13H,4,7-11H2,1H3,(H,16,18)/t13-/m1/s1. The maximum atomic E-state index is 11.8. The molecule has 1 N–H and O–H groups in total. The number of sulfone groups is 1. The Kier molecular flexibility index (Phi) is 5.30. The molecule has 1 aromatic heterocycles. The number of hydrogen-bond donors (Lipinski definition) is 1. The summed E-state index contributed by atoms with van der Waals surface area (Å²) in [5.74, 6) is 0.426. The van der Waals surface area contributed by atoms with Crippen LogP contribution in [0.15, 0.2) is 24.5 Å². The van der Waals surface area contributed by atoms with Gasteiger partial charge in [-0.25, -0.2) is 8.42 Å².